The average molecular weight is 412 g/mol. The zero-order valence-electron chi connectivity index (χ0n) is 18.0. The summed E-state index contributed by atoms with van der Waals surface area (Å²) < 4.78 is 5.51. The number of aliphatic hydroxyl groups is 1. The summed E-state index contributed by atoms with van der Waals surface area (Å²) in [6.45, 7) is 4.65. The van der Waals surface area contributed by atoms with Crippen LogP contribution in [0.3, 0.4) is 0 Å². The lowest BCUT2D eigenvalue weighted by molar-refractivity contribution is -0.140. The maximum Gasteiger partial charge on any atom is 0.295 e. The Kier molecular flexibility index (Phi) is 6.26. The summed E-state index contributed by atoms with van der Waals surface area (Å²) in [5, 5.41) is 18.1. The molecule has 8 nitrogen and oxygen atoms in total. The highest BCUT2D eigenvalue weighted by molar-refractivity contribution is 6.46. The highest BCUT2D eigenvalue weighted by Gasteiger charge is 2.47. The molecule has 2 N–H and O–H groups in total. The van der Waals surface area contributed by atoms with Crippen LogP contribution in [0, 0.1) is 13.8 Å². The molecule has 160 valence electrons. The van der Waals surface area contributed by atoms with Gasteiger partial charge in [0.05, 0.1) is 30.0 Å². The number of aromatic nitrogens is 2. The molecule has 1 aromatic carbocycles. The number of aliphatic hydroxyl groups excluding tert-OH is 1. The van der Waals surface area contributed by atoms with Crippen molar-refractivity contribution in [3.05, 3.63) is 52.4 Å². The van der Waals surface area contributed by atoms with Gasteiger partial charge in [-0.15, -0.1) is 0 Å². The minimum atomic E-state index is -0.739. The summed E-state index contributed by atoms with van der Waals surface area (Å²) >= 11 is 0. The molecule has 2 heterocycles. The van der Waals surface area contributed by atoms with E-state index in [1.165, 1.54) is 4.90 Å². The van der Waals surface area contributed by atoms with Gasteiger partial charge in [0.1, 0.15) is 11.5 Å². The van der Waals surface area contributed by atoms with Crippen molar-refractivity contribution < 1.29 is 19.4 Å². The Balaban J connectivity index is 2.17. The topological polar surface area (TPSA) is 98.8 Å². The van der Waals surface area contributed by atoms with Crippen LogP contribution in [-0.2, 0) is 9.59 Å². The van der Waals surface area contributed by atoms with Gasteiger partial charge in [-0.2, -0.15) is 5.10 Å². The van der Waals surface area contributed by atoms with Gasteiger partial charge >= 0.3 is 0 Å². The van der Waals surface area contributed by atoms with E-state index in [1.54, 1.807) is 27.0 Å². The molecule has 1 atom stereocenters. The number of aromatic amines is 1. The molecule has 1 unspecified atom stereocenters. The van der Waals surface area contributed by atoms with E-state index >= 15 is 0 Å². The van der Waals surface area contributed by atoms with E-state index in [-0.39, 0.29) is 11.3 Å². The summed E-state index contributed by atoms with van der Waals surface area (Å²) in [6, 6.07) is 6.51. The third-order valence-corrected chi connectivity index (χ3v) is 5.34. The largest absolute Gasteiger partial charge is 0.507 e. The van der Waals surface area contributed by atoms with Crippen LogP contribution in [0.25, 0.3) is 5.76 Å². The van der Waals surface area contributed by atoms with E-state index in [9.17, 15) is 14.7 Å². The van der Waals surface area contributed by atoms with Gasteiger partial charge in [-0.3, -0.25) is 14.7 Å². The van der Waals surface area contributed by atoms with Crippen LogP contribution in [0.1, 0.15) is 35.0 Å². The Bertz CT molecular complexity index is 973. The molecule has 0 saturated carbocycles. The fraction of sp³-hybridized carbons (Fsp3) is 0.409. The molecule has 3 rings (SSSR count). The van der Waals surface area contributed by atoms with Crippen LogP contribution in [0.5, 0.6) is 5.75 Å². The summed E-state index contributed by atoms with van der Waals surface area (Å²) in [6.07, 6.45) is 0.690. The van der Waals surface area contributed by atoms with E-state index in [0.717, 1.165) is 6.54 Å². The monoisotopic (exact) mass is 412 g/mol. The quantitative estimate of drug-likeness (QED) is 0.412. The number of likely N-dealkylation sites (tertiary alicyclic amines) is 1. The maximum atomic E-state index is 13.1. The number of aryl methyl sites for hydroxylation is 2. The van der Waals surface area contributed by atoms with E-state index in [1.807, 2.05) is 37.2 Å². The van der Waals surface area contributed by atoms with E-state index in [2.05, 4.69) is 10.2 Å². The first kappa shape index (κ1) is 21.6. The molecule has 1 amide bonds. The van der Waals surface area contributed by atoms with Gasteiger partial charge in [0, 0.05) is 17.8 Å². The number of hydrogen-bond acceptors (Lipinski definition) is 6. The van der Waals surface area contributed by atoms with E-state index in [0.29, 0.717) is 41.2 Å². The Morgan fingerprint density at radius 2 is 1.97 bits per heavy atom. The van der Waals surface area contributed by atoms with E-state index in [4.69, 9.17) is 4.74 Å². The van der Waals surface area contributed by atoms with Gasteiger partial charge in [0.15, 0.2) is 0 Å². The fourth-order valence-electron chi connectivity index (χ4n) is 3.92. The summed E-state index contributed by atoms with van der Waals surface area (Å²) in [5.41, 5.74) is 2.35. The molecule has 0 aliphatic carbocycles. The van der Waals surface area contributed by atoms with Gasteiger partial charge in [-0.25, -0.2) is 0 Å². The van der Waals surface area contributed by atoms with Crippen LogP contribution < -0.4 is 4.74 Å². The number of Topliss-reactive ketones (excluding diaryl/α,β-unsaturated/α-hetero) is 1. The Labute approximate surface area is 176 Å². The third kappa shape index (κ3) is 3.82. The molecule has 1 aromatic heterocycles. The molecule has 1 saturated heterocycles. The zero-order valence-corrected chi connectivity index (χ0v) is 18.0. The molecule has 0 spiro atoms. The van der Waals surface area contributed by atoms with Crippen molar-refractivity contribution in [2.75, 3.05) is 34.3 Å². The number of amides is 1. The van der Waals surface area contributed by atoms with E-state index < -0.39 is 17.7 Å². The second-order valence-electron chi connectivity index (χ2n) is 7.70. The predicted octanol–water partition coefficient (Wildman–Crippen LogP) is 2.41. The van der Waals surface area contributed by atoms with Crippen molar-refractivity contribution in [2.45, 2.75) is 26.3 Å². The number of para-hydroxylation sites is 1. The maximum absolute atomic E-state index is 13.1. The van der Waals surface area contributed by atoms with Crippen LogP contribution in [0.15, 0.2) is 29.8 Å². The number of nitrogens with one attached hydrogen (secondary N) is 1. The standard InChI is InChI=1S/C22H28N4O4/c1-13-17(14(2)24-23-13)20(27)18-19(15-9-6-7-10-16(15)30-5)26(22(29)21(18)28)12-8-11-25(3)4/h6-7,9-10,19,27H,8,11-12H2,1-5H3,(H,23,24). The average Bonchev–Trinajstić information content (AvgIpc) is 3.18. The Hall–Kier alpha value is -3.13. The lowest BCUT2D eigenvalue weighted by atomic mass is 9.94. The van der Waals surface area contributed by atoms with Crippen molar-refractivity contribution in [1.29, 1.82) is 0 Å². The number of rotatable bonds is 7. The van der Waals surface area contributed by atoms with Gasteiger partial charge in [0.2, 0.25) is 0 Å². The van der Waals surface area contributed by atoms with Crippen molar-refractivity contribution in [2.24, 2.45) is 0 Å². The van der Waals surface area contributed by atoms with Crippen LogP contribution in [-0.4, -0.2) is 71.1 Å². The molecular formula is C22H28N4O4. The Morgan fingerprint density at radius 3 is 2.57 bits per heavy atom. The molecule has 0 radical (unpaired) electrons. The lowest BCUT2D eigenvalue weighted by Gasteiger charge is -2.27. The highest BCUT2D eigenvalue weighted by Crippen LogP contribution is 2.43. The third-order valence-electron chi connectivity index (χ3n) is 5.34. The molecule has 2 aromatic rings. The van der Waals surface area contributed by atoms with Gasteiger partial charge in [-0.05, 0) is 47.0 Å². The predicted molar refractivity (Wildman–Crippen MR) is 113 cm³/mol. The number of ether oxygens (including phenoxy) is 1. The number of carbonyl (C=O) groups excluding carboxylic acids is 2. The number of ketones is 1. The molecule has 0 bridgehead atoms. The first-order valence-corrected chi connectivity index (χ1v) is 9.85. The number of hydrogen-bond donors (Lipinski definition) is 2. The SMILES string of the molecule is COc1ccccc1C1C(=C(O)c2c(C)n[nH]c2C)C(=O)C(=O)N1CCCN(C)C. The van der Waals surface area contributed by atoms with Crippen molar-refractivity contribution in [3.8, 4) is 5.75 Å². The second-order valence-corrected chi connectivity index (χ2v) is 7.70. The van der Waals surface area contributed by atoms with Crippen LogP contribution in [0.4, 0.5) is 0 Å². The zero-order chi connectivity index (χ0) is 22.0. The smallest absolute Gasteiger partial charge is 0.295 e. The van der Waals surface area contributed by atoms with Crippen molar-refractivity contribution in [1.82, 2.24) is 20.0 Å². The summed E-state index contributed by atoms with van der Waals surface area (Å²) in [7, 11) is 5.45. The molecule has 30 heavy (non-hydrogen) atoms. The lowest BCUT2D eigenvalue weighted by Crippen LogP contribution is -2.32. The first-order valence-electron chi connectivity index (χ1n) is 9.85. The summed E-state index contributed by atoms with van der Waals surface area (Å²) in [4.78, 5) is 29.6. The van der Waals surface area contributed by atoms with Crippen molar-refractivity contribution >= 4 is 17.4 Å². The number of methoxy groups -OCH3 is 1. The molecule has 1 aliphatic rings. The molecular weight excluding hydrogens is 384 g/mol. The number of nitrogens with zero attached hydrogens (tertiary/aromatic N) is 3. The second kappa shape index (κ2) is 8.71. The minimum Gasteiger partial charge on any atom is -0.507 e. The van der Waals surface area contributed by atoms with Gasteiger partial charge < -0.3 is 19.6 Å². The summed E-state index contributed by atoms with van der Waals surface area (Å²) in [5.74, 6) is -0.991. The molecule has 1 aliphatic heterocycles. The number of benzene rings is 1. The van der Waals surface area contributed by atoms with Gasteiger partial charge in [-0.1, -0.05) is 18.2 Å². The van der Waals surface area contributed by atoms with Crippen molar-refractivity contribution in [3.63, 3.8) is 0 Å². The van der Waals surface area contributed by atoms with Crippen LogP contribution in [0.2, 0.25) is 0 Å². The Morgan fingerprint density at radius 1 is 1.27 bits per heavy atom. The first-order chi connectivity index (χ1) is 14.3. The van der Waals surface area contributed by atoms with Gasteiger partial charge in [0.25, 0.3) is 11.7 Å². The highest BCUT2D eigenvalue weighted by atomic mass is 16.5. The molecule has 8 heteroatoms. The normalized spacial score (nSPS) is 18.5. The number of carbonyl (C=O) groups is 2. The fourth-order valence-corrected chi connectivity index (χ4v) is 3.92. The number of H-pyrrole nitrogens is 1. The molecule has 1 fully saturated rings. The van der Waals surface area contributed by atoms with Crippen LogP contribution >= 0.6 is 0 Å². The minimum absolute atomic E-state index is 0.0574.